The Bertz CT molecular complexity index is 603. The van der Waals surface area contributed by atoms with Crippen LogP contribution in [0, 0.1) is 13.8 Å². The fourth-order valence-corrected chi connectivity index (χ4v) is 2.70. The van der Waals surface area contributed by atoms with Gasteiger partial charge in [0.1, 0.15) is 0 Å². The molecule has 0 aliphatic heterocycles. The van der Waals surface area contributed by atoms with Crippen LogP contribution in [0.15, 0.2) is 36.4 Å². The Morgan fingerprint density at radius 2 is 1.40 bits per heavy atom. The molecule has 2 aromatic carbocycles. The number of hydrogen-bond donors (Lipinski definition) is 0. The summed E-state index contributed by atoms with van der Waals surface area (Å²) in [6.45, 7) is 13.5. The predicted octanol–water partition coefficient (Wildman–Crippen LogP) is 6.22. The molecule has 106 valence electrons. The molecule has 0 bridgehead atoms. The third kappa shape index (κ3) is 2.95. The molecule has 0 amide bonds. The van der Waals surface area contributed by atoms with Gasteiger partial charge < -0.3 is 0 Å². The van der Waals surface area contributed by atoms with Gasteiger partial charge in [-0.1, -0.05) is 69.7 Å². The molecule has 0 aromatic heterocycles. The molecule has 0 aliphatic carbocycles. The molecule has 0 spiro atoms. The third-order valence-corrected chi connectivity index (χ3v) is 4.05. The van der Waals surface area contributed by atoms with Gasteiger partial charge in [0.15, 0.2) is 0 Å². The molecular weight excluding hydrogens is 240 g/mol. The SMILES string of the molecule is Cc1ccc(C(C)C)c(-c2cc(C(C)C)ccc2C)c1. The van der Waals surface area contributed by atoms with Crippen molar-refractivity contribution in [1.82, 2.24) is 0 Å². The van der Waals surface area contributed by atoms with E-state index < -0.39 is 0 Å². The second-order valence-corrected chi connectivity index (χ2v) is 6.47. The second-order valence-electron chi connectivity index (χ2n) is 6.47. The van der Waals surface area contributed by atoms with Crippen LogP contribution in [-0.4, -0.2) is 0 Å². The first-order chi connectivity index (χ1) is 9.40. The lowest BCUT2D eigenvalue weighted by Crippen LogP contribution is -1.97. The van der Waals surface area contributed by atoms with Crippen LogP contribution >= 0.6 is 0 Å². The molecule has 0 saturated carbocycles. The summed E-state index contributed by atoms with van der Waals surface area (Å²) in [6.07, 6.45) is 0. The summed E-state index contributed by atoms with van der Waals surface area (Å²) in [4.78, 5) is 0. The third-order valence-electron chi connectivity index (χ3n) is 4.05. The highest BCUT2D eigenvalue weighted by Gasteiger charge is 2.12. The number of hydrogen-bond acceptors (Lipinski definition) is 0. The van der Waals surface area contributed by atoms with Crippen LogP contribution in [0.2, 0.25) is 0 Å². The Morgan fingerprint density at radius 1 is 0.700 bits per heavy atom. The Morgan fingerprint density at radius 3 is 2.00 bits per heavy atom. The van der Waals surface area contributed by atoms with Crippen LogP contribution < -0.4 is 0 Å². The van der Waals surface area contributed by atoms with E-state index in [1.165, 1.54) is 33.4 Å². The second kappa shape index (κ2) is 5.83. The molecule has 2 aromatic rings. The standard InChI is InChI=1S/C20H26/c1-13(2)17-9-8-16(6)19(12-17)20-11-15(5)7-10-18(20)14(3)4/h7-14H,1-6H3. The largest absolute Gasteiger partial charge is 0.0590 e. The molecule has 0 radical (unpaired) electrons. The van der Waals surface area contributed by atoms with Crippen LogP contribution in [0.3, 0.4) is 0 Å². The maximum absolute atomic E-state index is 2.38. The zero-order valence-corrected chi connectivity index (χ0v) is 13.6. The van der Waals surface area contributed by atoms with E-state index >= 15 is 0 Å². The number of benzene rings is 2. The average Bonchev–Trinajstić information content (AvgIpc) is 2.38. The highest BCUT2D eigenvalue weighted by molar-refractivity contribution is 5.72. The maximum Gasteiger partial charge on any atom is -0.0144 e. The van der Waals surface area contributed by atoms with Gasteiger partial charge in [-0.15, -0.1) is 0 Å². The van der Waals surface area contributed by atoms with E-state index in [4.69, 9.17) is 0 Å². The lowest BCUT2D eigenvalue weighted by molar-refractivity contribution is 0.862. The van der Waals surface area contributed by atoms with Gasteiger partial charge in [-0.25, -0.2) is 0 Å². The van der Waals surface area contributed by atoms with Crippen LogP contribution in [0.4, 0.5) is 0 Å². The first-order valence-corrected chi connectivity index (χ1v) is 7.61. The molecule has 0 aliphatic rings. The molecule has 0 heterocycles. The summed E-state index contributed by atoms with van der Waals surface area (Å²) in [5.41, 5.74) is 8.35. The van der Waals surface area contributed by atoms with E-state index in [-0.39, 0.29) is 0 Å². The number of aryl methyl sites for hydroxylation is 2. The van der Waals surface area contributed by atoms with Crippen molar-refractivity contribution < 1.29 is 0 Å². The molecule has 0 nitrogen and oxygen atoms in total. The highest BCUT2D eigenvalue weighted by atomic mass is 14.2. The highest BCUT2D eigenvalue weighted by Crippen LogP contribution is 2.34. The van der Waals surface area contributed by atoms with E-state index in [2.05, 4.69) is 77.9 Å². The Hall–Kier alpha value is -1.56. The van der Waals surface area contributed by atoms with Crippen LogP contribution in [0.5, 0.6) is 0 Å². The van der Waals surface area contributed by atoms with Gasteiger partial charge in [0.05, 0.1) is 0 Å². The van der Waals surface area contributed by atoms with Crippen molar-refractivity contribution in [3.8, 4) is 11.1 Å². The maximum atomic E-state index is 2.38. The molecule has 0 N–H and O–H groups in total. The van der Waals surface area contributed by atoms with Gasteiger partial charge in [-0.05, 0) is 53.5 Å². The van der Waals surface area contributed by atoms with Gasteiger partial charge in [-0.3, -0.25) is 0 Å². The van der Waals surface area contributed by atoms with E-state index in [0.717, 1.165) is 0 Å². The minimum Gasteiger partial charge on any atom is -0.0590 e. The van der Waals surface area contributed by atoms with E-state index in [1.54, 1.807) is 0 Å². The molecule has 0 saturated heterocycles. The topological polar surface area (TPSA) is 0 Å². The normalized spacial score (nSPS) is 11.4. The smallest absolute Gasteiger partial charge is 0.0144 e. The summed E-state index contributed by atoms with van der Waals surface area (Å²) in [5, 5.41) is 0. The van der Waals surface area contributed by atoms with Crippen molar-refractivity contribution >= 4 is 0 Å². The van der Waals surface area contributed by atoms with Gasteiger partial charge in [0.2, 0.25) is 0 Å². The molecule has 20 heavy (non-hydrogen) atoms. The van der Waals surface area contributed by atoms with E-state index in [9.17, 15) is 0 Å². The summed E-state index contributed by atoms with van der Waals surface area (Å²) in [6, 6.07) is 13.7. The first kappa shape index (κ1) is 14.8. The van der Waals surface area contributed by atoms with Crippen molar-refractivity contribution in [1.29, 1.82) is 0 Å². The Balaban J connectivity index is 2.67. The predicted molar refractivity (Wildman–Crippen MR) is 89.5 cm³/mol. The first-order valence-electron chi connectivity index (χ1n) is 7.61. The molecule has 0 atom stereocenters. The Kier molecular flexibility index (Phi) is 4.32. The van der Waals surface area contributed by atoms with Crippen LogP contribution in [-0.2, 0) is 0 Å². The van der Waals surface area contributed by atoms with Crippen molar-refractivity contribution in [3.63, 3.8) is 0 Å². The molecule has 0 unspecified atom stereocenters. The fraction of sp³-hybridized carbons (Fsp3) is 0.400. The molecule has 0 heteroatoms. The fourth-order valence-electron chi connectivity index (χ4n) is 2.70. The zero-order chi connectivity index (χ0) is 14.9. The zero-order valence-electron chi connectivity index (χ0n) is 13.6. The van der Waals surface area contributed by atoms with Crippen molar-refractivity contribution in [2.24, 2.45) is 0 Å². The number of rotatable bonds is 3. The molecular formula is C20H26. The van der Waals surface area contributed by atoms with Crippen molar-refractivity contribution in [2.75, 3.05) is 0 Å². The van der Waals surface area contributed by atoms with Crippen molar-refractivity contribution in [2.45, 2.75) is 53.4 Å². The summed E-state index contributed by atoms with van der Waals surface area (Å²) in [7, 11) is 0. The monoisotopic (exact) mass is 266 g/mol. The average molecular weight is 266 g/mol. The lowest BCUT2D eigenvalue weighted by atomic mass is 9.87. The van der Waals surface area contributed by atoms with Gasteiger partial charge >= 0.3 is 0 Å². The summed E-state index contributed by atoms with van der Waals surface area (Å²) < 4.78 is 0. The minimum atomic E-state index is 0.549. The summed E-state index contributed by atoms with van der Waals surface area (Å²) in [5.74, 6) is 1.12. The minimum absolute atomic E-state index is 0.549. The lowest BCUT2D eigenvalue weighted by Gasteiger charge is -2.17. The van der Waals surface area contributed by atoms with Gasteiger partial charge in [0, 0.05) is 0 Å². The van der Waals surface area contributed by atoms with Gasteiger partial charge in [0.25, 0.3) is 0 Å². The quantitative estimate of drug-likeness (QED) is 0.619. The van der Waals surface area contributed by atoms with E-state index in [0.29, 0.717) is 11.8 Å². The van der Waals surface area contributed by atoms with Crippen molar-refractivity contribution in [3.05, 3.63) is 58.7 Å². The molecule has 2 rings (SSSR count). The van der Waals surface area contributed by atoms with E-state index in [1.807, 2.05) is 0 Å². The summed E-state index contributed by atoms with van der Waals surface area (Å²) >= 11 is 0. The van der Waals surface area contributed by atoms with Gasteiger partial charge in [-0.2, -0.15) is 0 Å². The molecule has 0 fully saturated rings. The van der Waals surface area contributed by atoms with Crippen LogP contribution in [0.25, 0.3) is 11.1 Å². The Labute approximate surface area is 123 Å². The van der Waals surface area contributed by atoms with Crippen LogP contribution in [0.1, 0.15) is 61.8 Å².